The van der Waals surface area contributed by atoms with Gasteiger partial charge in [0.15, 0.2) is 5.13 Å². The highest BCUT2D eigenvalue weighted by molar-refractivity contribution is 7.15. The molecule has 1 amide bonds. The molecule has 5 nitrogen and oxygen atoms in total. The van der Waals surface area contributed by atoms with E-state index in [-0.39, 0.29) is 11.7 Å². The maximum atomic E-state index is 13.8. The number of aryl methyl sites for hydroxylation is 1. The average Bonchev–Trinajstić information content (AvgIpc) is 3.12. The van der Waals surface area contributed by atoms with Crippen LogP contribution in [-0.2, 0) is 24.1 Å². The Morgan fingerprint density at radius 2 is 1.94 bits per heavy atom. The molecule has 5 rings (SSSR count). The lowest BCUT2D eigenvalue weighted by Crippen LogP contribution is -2.41. The molecule has 0 saturated heterocycles. The molecule has 0 saturated carbocycles. The number of anilines is 1. The Hall–Kier alpha value is -3.45. The zero-order valence-electron chi connectivity index (χ0n) is 19.8. The second-order valence-corrected chi connectivity index (χ2v) is 10.0. The summed E-state index contributed by atoms with van der Waals surface area (Å²) >= 11 is 1.53. The summed E-state index contributed by atoms with van der Waals surface area (Å²) in [6.45, 7) is 4.30. The highest BCUT2D eigenvalue weighted by atomic mass is 32.1. The van der Waals surface area contributed by atoms with Gasteiger partial charge in [-0.3, -0.25) is 4.79 Å². The number of fused-ring (bicyclic) bond motifs is 1. The first-order valence-electron chi connectivity index (χ1n) is 12.0. The summed E-state index contributed by atoms with van der Waals surface area (Å²) in [6, 6.07) is 15.1. The van der Waals surface area contributed by atoms with E-state index in [1.54, 1.807) is 6.07 Å². The Balaban J connectivity index is 1.38. The van der Waals surface area contributed by atoms with Crippen molar-refractivity contribution < 1.29 is 9.18 Å². The molecular weight excluding hydrogens is 459 g/mol. The van der Waals surface area contributed by atoms with Gasteiger partial charge in [0.1, 0.15) is 5.82 Å². The van der Waals surface area contributed by atoms with E-state index in [4.69, 9.17) is 5.73 Å². The van der Waals surface area contributed by atoms with E-state index in [9.17, 15) is 9.18 Å². The van der Waals surface area contributed by atoms with Crippen LogP contribution >= 0.6 is 11.3 Å². The van der Waals surface area contributed by atoms with Gasteiger partial charge in [-0.25, -0.2) is 9.37 Å². The van der Waals surface area contributed by atoms with Gasteiger partial charge in [0, 0.05) is 43.1 Å². The van der Waals surface area contributed by atoms with E-state index < -0.39 is 0 Å². The van der Waals surface area contributed by atoms with Crippen LogP contribution in [0.1, 0.15) is 34.2 Å². The number of thiazole rings is 1. The smallest absolute Gasteiger partial charge is 0.242 e. The van der Waals surface area contributed by atoms with Crippen LogP contribution < -0.4 is 5.73 Å². The minimum atomic E-state index is -0.216. The van der Waals surface area contributed by atoms with Crippen LogP contribution in [0.3, 0.4) is 0 Å². The number of nitrogens with zero attached hydrogens (tertiary/aromatic N) is 3. The predicted octanol–water partition coefficient (Wildman–Crippen LogP) is 4.79. The molecule has 0 bridgehead atoms. The zero-order valence-corrected chi connectivity index (χ0v) is 20.7. The molecule has 180 valence electrons. The SMILES string of the molecule is CCc1cc(F)ccc1C1=CCN(CC(=O)N2CCc3nc(N)sc3CC2)C(c2ccccc2)=C1. The van der Waals surface area contributed by atoms with E-state index in [1.165, 1.54) is 22.3 Å². The summed E-state index contributed by atoms with van der Waals surface area (Å²) in [5.41, 5.74) is 12.0. The fraction of sp³-hybridized carbons (Fsp3) is 0.286. The lowest BCUT2D eigenvalue weighted by molar-refractivity contribution is -0.131. The van der Waals surface area contributed by atoms with Crippen molar-refractivity contribution in [3.8, 4) is 0 Å². The van der Waals surface area contributed by atoms with Crippen LogP contribution in [0.5, 0.6) is 0 Å². The van der Waals surface area contributed by atoms with Crippen molar-refractivity contribution in [3.63, 3.8) is 0 Å². The van der Waals surface area contributed by atoms with Crippen LogP contribution in [0.4, 0.5) is 9.52 Å². The molecule has 7 heteroatoms. The number of hydrogen-bond donors (Lipinski definition) is 1. The third kappa shape index (κ3) is 5.00. The van der Waals surface area contributed by atoms with Crippen molar-refractivity contribution in [2.45, 2.75) is 26.2 Å². The highest BCUT2D eigenvalue weighted by Gasteiger charge is 2.25. The van der Waals surface area contributed by atoms with E-state index in [1.807, 2.05) is 36.1 Å². The fourth-order valence-corrected chi connectivity index (χ4v) is 5.72. The number of carbonyl (C=O) groups is 1. The van der Waals surface area contributed by atoms with Gasteiger partial charge in [-0.15, -0.1) is 11.3 Å². The normalized spacial score (nSPS) is 15.8. The van der Waals surface area contributed by atoms with Crippen molar-refractivity contribution in [2.75, 3.05) is 31.9 Å². The molecule has 0 unspecified atom stereocenters. The number of nitrogen functional groups attached to an aromatic ring is 1. The van der Waals surface area contributed by atoms with E-state index in [0.717, 1.165) is 52.9 Å². The zero-order chi connectivity index (χ0) is 24.4. The maximum Gasteiger partial charge on any atom is 0.242 e. The number of carbonyl (C=O) groups excluding carboxylic acids is 1. The van der Waals surface area contributed by atoms with Gasteiger partial charge in [-0.2, -0.15) is 0 Å². The van der Waals surface area contributed by atoms with Gasteiger partial charge < -0.3 is 15.5 Å². The van der Waals surface area contributed by atoms with Crippen molar-refractivity contribution in [2.24, 2.45) is 0 Å². The first kappa shape index (κ1) is 23.3. The molecule has 3 aromatic rings. The van der Waals surface area contributed by atoms with Gasteiger partial charge >= 0.3 is 0 Å². The van der Waals surface area contributed by atoms with Crippen molar-refractivity contribution in [1.29, 1.82) is 0 Å². The molecule has 0 radical (unpaired) electrons. The highest BCUT2D eigenvalue weighted by Crippen LogP contribution is 2.32. The maximum absolute atomic E-state index is 13.8. The minimum Gasteiger partial charge on any atom is -0.375 e. The first-order valence-corrected chi connectivity index (χ1v) is 12.9. The quantitative estimate of drug-likeness (QED) is 0.561. The summed E-state index contributed by atoms with van der Waals surface area (Å²) in [6.07, 6.45) is 6.56. The standard InChI is InChI=1S/C28H29FN4OS/c1-2-19-16-22(29)8-9-23(19)21-10-13-33(25(17-21)20-6-4-3-5-7-20)18-27(34)32-14-11-24-26(12-15-32)35-28(30)31-24/h3-10,16-17H,2,11-15,18H2,1H3,(H2,30,31). The molecule has 2 aliphatic heterocycles. The second-order valence-electron chi connectivity index (χ2n) is 8.89. The topological polar surface area (TPSA) is 62.5 Å². The number of rotatable bonds is 5. The van der Waals surface area contributed by atoms with Gasteiger partial charge in [-0.05, 0) is 46.9 Å². The molecule has 0 atom stereocenters. The molecule has 2 aliphatic rings. The third-order valence-electron chi connectivity index (χ3n) is 6.69. The number of hydrogen-bond acceptors (Lipinski definition) is 5. The molecule has 3 heterocycles. The number of aromatic nitrogens is 1. The lowest BCUT2D eigenvalue weighted by atomic mass is 9.93. The number of halogens is 1. The summed E-state index contributed by atoms with van der Waals surface area (Å²) in [4.78, 5) is 23.1. The van der Waals surface area contributed by atoms with E-state index >= 15 is 0 Å². The van der Waals surface area contributed by atoms with Crippen molar-refractivity contribution in [3.05, 3.63) is 93.8 Å². The Labute approximate surface area is 209 Å². The van der Waals surface area contributed by atoms with Crippen LogP contribution in [-0.4, -0.2) is 46.9 Å². The van der Waals surface area contributed by atoms with Crippen LogP contribution in [0, 0.1) is 5.82 Å². The van der Waals surface area contributed by atoms with Gasteiger partial charge in [-0.1, -0.05) is 49.4 Å². The predicted molar refractivity (Wildman–Crippen MR) is 140 cm³/mol. The van der Waals surface area contributed by atoms with E-state index in [2.05, 4.69) is 34.2 Å². The molecule has 35 heavy (non-hydrogen) atoms. The number of benzene rings is 2. The number of amides is 1. The largest absolute Gasteiger partial charge is 0.375 e. The van der Waals surface area contributed by atoms with Crippen molar-refractivity contribution in [1.82, 2.24) is 14.8 Å². The minimum absolute atomic E-state index is 0.114. The third-order valence-corrected chi connectivity index (χ3v) is 7.68. The molecule has 2 aromatic carbocycles. The monoisotopic (exact) mass is 488 g/mol. The molecule has 0 fully saturated rings. The van der Waals surface area contributed by atoms with Gasteiger partial charge in [0.25, 0.3) is 0 Å². The van der Waals surface area contributed by atoms with Crippen LogP contribution in [0.25, 0.3) is 11.3 Å². The number of nitrogens with two attached hydrogens (primary N) is 1. The van der Waals surface area contributed by atoms with Crippen LogP contribution in [0.15, 0.2) is 60.7 Å². The summed E-state index contributed by atoms with van der Waals surface area (Å²) in [5, 5.41) is 0.607. The molecular formula is C28H29FN4OS. The molecule has 0 aliphatic carbocycles. The van der Waals surface area contributed by atoms with E-state index in [0.29, 0.717) is 31.3 Å². The summed E-state index contributed by atoms with van der Waals surface area (Å²) in [5.74, 6) is -0.103. The Kier molecular flexibility index (Phi) is 6.68. The first-order chi connectivity index (χ1) is 17.0. The average molecular weight is 489 g/mol. The lowest BCUT2D eigenvalue weighted by Gasteiger charge is -2.32. The van der Waals surface area contributed by atoms with Gasteiger partial charge in [0.2, 0.25) is 5.91 Å². The summed E-state index contributed by atoms with van der Waals surface area (Å²) < 4.78 is 13.8. The fourth-order valence-electron chi connectivity index (χ4n) is 4.85. The summed E-state index contributed by atoms with van der Waals surface area (Å²) in [7, 11) is 0. The molecule has 1 aromatic heterocycles. The number of allylic oxidation sites excluding steroid dienone is 2. The molecule has 2 N–H and O–H groups in total. The Bertz CT molecular complexity index is 1270. The molecule has 0 spiro atoms. The van der Waals surface area contributed by atoms with Crippen molar-refractivity contribution >= 4 is 33.6 Å². The Morgan fingerprint density at radius 3 is 2.74 bits per heavy atom. The van der Waals surface area contributed by atoms with Gasteiger partial charge in [0.05, 0.1) is 12.2 Å². The second kappa shape index (κ2) is 10.0. The Morgan fingerprint density at radius 1 is 1.14 bits per heavy atom. The van der Waals surface area contributed by atoms with Crippen LogP contribution in [0.2, 0.25) is 0 Å².